The summed E-state index contributed by atoms with van der Waals surface area (Å²) in [7, 11) is 0. The fourth-order valence-electron chi connectivity index (χ4n) is 4.93. The predicted octanol–water partition coefficient (Wildman–Crippen LogP) is 3.89. The zero-order valence-corrected chi connectivity index (χ0v) is 19.3. The van der Waals surface area contributed by atoms with E-state index in [9.17, 15) is 19.8 Å². The average Bonchev–Trinajstić information content (AvgIpc) is 3.31. The van der Waals surface area contributed by atoms with Crippen LogP contribution in [0.1, 0.15) is 72.6 Å². The SMILES string of the molecule is CCOC(=O)C=C1C[C@@H](CC)[C@@H](CO)C1.CCOC(=O)C[C@@H]1C[C@@H](CC)[C@@H](CO)C1. The van der Waals surface area contributed by atoms with Gasteiger partial charge < -0.3 is 19.7 Å². The first kappa shape index (κ1) is 26.6. The summed E-state index contributed by atoms with van der Waals surface area (Å²) >= 11 is 0. The molecule has 2 fully saturated rings. The van der Waals surface area contributed by atoms with Crippen LogP contribution < -0.4 is 0 Å². The van der Waals surface area contributed by atoms with Gasteiger partial charge in [-0.05, 0) is 69.1 Å². The van der Waals surface area contributed by atoms with Gasteiger partial charge in [-0.2, -0.15) is 0 Å². The third kappa shape index (κ3) is 8.76. The molecule has 0 aromatic carbocycles. The molecule has 0 heterocycles. The molecular formula is C24H42O6. The minimum absolute atomic E-state index is 0.0871. The first-order chi connectivity index (χ1) is 14.4. The van der Waals surface area contributed by atoms with Crippen molar-refractivity contribution in [3.05, 3.63) is 11.6 Å². The zero-order valence-electron chi connectivity index (χ0n) is 19.3. The van der Waals surface area contributed by atoms with Gasteiger partial charge in [0.15, 0.2) is 0 Å². The number of aliphatic hydroxyl groups is 2. The van der Waals surface area contributed by atoms with Gasteiger partial charge in [-0.25, -0.2) is 4.79 Å². The number of ether oxygens (including phenoxy) is 2. The van der Waals surface area contributed by atoms with Gasteiger partial charge in [-0.3, -0.25) is 4.79 Å². The van der Waals surface area contributed by atoms with Crippen molar-refractivity contribution in [1.29, 1.82) is 0 Å². The lowest BCUT2D eigenvalue weighted by molar-refractivity contribution is -0.144. The Bertz CT molecular complexity index is 518. The Kier molecular flexibility index (Phi) is 12.9. The smallest absolute Gasteiger partial charge is 0.330 e. The van der Waals surface area contributed by atoms with E-state index in [1.807, 2.05) is 6.92 Å². The standard InChI is InChI=1S/C12H22O3.C12H20O3/c2*1-3-10-5-9(6-11(10)8-13)7-12(14)15-4-2/h9-11,13H,3-8H2,1-2H3;7,10-11,13H,3-6,8H2,1-2H3/t9-,10-,11-;10-,11-/m11/s1. The number of rotatable bonds is 9. The van der Waals surface area contributed by atoms with E-state index in [0.29, 0.717) is 49.2 Å². The summed E-state index contributed by atoms with van der Waals surface area (Å²) in [6.07, 6.45) is 8.11. The molecule has 2 aliphatic rings. The summed E-state index contributed by atoms with van der Waals surface area (Å²) in [6, 6.07) is 0. The summed E-state index contributed by atoms with van der Waals surface area (Å²) in [5.74, 6) is 1.93. The predicted molar refractivity (Wildman–Crippen MR) is 117 cm³/mol. The third-order valence-electron chi connectivity index (χ3n) is 6.54. The third-order valence-corrected chi connectivity index (χ3v) is 6.54. The van der Waals surface area contributed by atoms with Crippen LogP contribution in [0, 0.1) is 29.6 Å². The molecule has 30 heavy (non-hydrogen) atoms. The van der Waals surface area contributed by atoms with Gasteiger partial charge in [0.2, 0.25) is 0 Å². The van der Waals surface area contributed by atoms with Gasteiger partial charge in [-0.15, -0.1) is 0 Å². The molecule has 174 valence electrons. The Balaban J connectivity index is 0.000000300. The number of carbonyl (C=O) groups is 2. The molecule has 6 nitrogen and oxygen atoms in total. The molecule has 0 aliphatic heterocycles. The van der Waals surface area contributed by atoms with Crippen LogP contribution in [-0.4, -0.2) is 48.6 Å². The topological polar surface area (TPSA) is 93.1 Å². The Hall–Kier alpha value is -1.40. The zero-order chi connectivity index (χ0) is 22.5. The highest BCUT2D eigenvalue weighted by atomic mass is 16.5. The van der Waals surface area contributed by atoms with E-state index in [2.05, 4.69) is 13.8 Å². The van der Waals surface area contributed by atoms with Crippen molar-refractivity contribution >= 4 is 11.9 Å². The average molecular weight is 427 g/mol. The second-order valence-corrected chi connectivity index (χ2v) is 8.53. The molecule has 2 aliphatic carbocycles. The van der Waals surface area contributed by atoms with Crippen LogP contribution in [0.15, 0.2) is 11.6 Å². The van der Waals surface area contributed by atoms with Crippen molar-refractivity contribution in [2.24, 2.45) is 29.6 Å². The van der Waals surface area contributed by atoms with Crippen LogP contribution in [0.25, 0.3) is 0 Å². The molecule has 2 saturated carbocycles. The molecule has 0 bridgehead atoms. The maximum atomic E-state index is 11.3. The molecule has 0 aromatic heterocycles. The molecule has 0 amide bonds. The van der Waals surface area contributed by atoms with Crippen molar-refractivity contribution in [3.63, 3.8) is 0 Å². The van der Waals surface area contributed by atoms with Gasteiger partial charge in [-0.1, -0.05) is 32.3 Å². The van der Waals surface area contributed by atoms with E-state index in [4.69, 9.17) is 9.47 Å². The molecule has 0 saturated heterocycles. The van der Waals surface area contributed by atoms with E-state index >= 15 is 0 Å². The molecule has 6 heteroatoms. The lowest BCUT2D eigenvalue weighted by Gasteiger charge is -2.13. The van der Waals surface area contributed by atoms with E-state index < -0.39 is 0 Å². The fourth-order valence-corrected chi connectivity index (χ4v) is 4.93. The molecule has 0 spiro atoms. The molecule has 5 atom stereocenters. The van der Waals surface area contributed by atoms with E-state index in [1.54, 1.807) is 13.0 Å². The van der Waals surface area contributed by atoms with E-state index in [1.165, 1.54) is 0 Å². The summed E-state index contributed by atoms with van der Waals surface area (Å²) in [5.41, 5.74) is 1.12. The van der Waals surface area contributed by atoms with Crippen LogP contribution >= 0.6 is 0 Å². The van der Waals surface area contributed by atoms with Crippen LogP contribution in [-0.2, 0) is 19.1 Å². The van der Waals surface area contributed by atoms with Crippen LogP contribution in [0.5, 0.6) is 0 Å². The molecule has 0 unspecified atom stereocenters. The van der Waals surface area contributed by atoms with Crippen molar-refractivity contribution in [2.45, 2.75) is 72.6 Å². The molecule has 0 aromatic rings. The van der Waals surface area contributed by atoms with Crippen LogP contribution in [0.2, 0.25) is 0 Å². The van der Waals surface area contributed by atoms with Crippen LogP contribution in [0.4, 0.5) is 0 Å². The number of allylic oxidation sites excluding steroid dienone is 1. The first-order valence-corrected chi connectivity index (χ1v) is 11.7. The van der Waals surface area contributed by atoms with Gasteiger partial charge in [0.05, 0.1) is 13.2 Å². The Morgan fingerprint density at radius 1 is 0.867 bits per heavy atom. The maximum Gasteiger partial charge on any atom is 0.330 e. The Morgan fingerprint density at radius 3 is 1.90 bits per heavy atom. The normalized spacial score (nSPS) is 29.4. The summed E-state index contributed by atoms with van der Waals surface area (Å²) < 4.78 is 9.80. The number of hydrogen-bond donors (Lipinski definition) is 2. The Morgan fingerprint density at radius 2 is 1.43 bits per heavy atom. The van der Waals surface area contributed by atoms with Crippen molar-refractivity contribution in [3.8, 4) is 0 Å². The number of esters is 2. The molecular weight excluding hydrogens is 384 g/mol. The lowest BCUT2D eigenvalue weighted by atomic mass is 9.95. The Labute approximate surface area is 182 Å². The van der Waals surface area contributed by atoms with Crippen molar-refractivity contribution in [2.75, 3.05) is 26.4 Å². The monoisotopic (exact) mass is 426 g/mol. The first-order valence-electron chi connectivity index (χ1n) is 11.7. The fraction of sp³-hybridized carbons (Fsp3) is 0.833. The highest BCUT2D eigenvalue weighted by Crippen LogP contribution is 2.40. The van der Waals surface area contributed by atoms with Gasteiger partial charge in [0.1, 0.15) is 0 Å². The van der Waals surface area contributed by atoms with Crippen molar-refractivity contribution < 1.29 is 29.3 Å². The van der Waals surface area contributed by atoms with Gasteiger partial charge >= 0.3 is 11.9 Å². The van der Waals surface area contributed by atoms with Crippen LogP contribution in [0.3, 0.4) is 0 Å². The summed E-state index contributed by atoms with van der Waals surface area (Å²) in [6.45, 7) is 9.28. The highest BCUT2D eigenvalue weighted by molar-refractivity contribution is 5.82. The minimum Gasteiger partial charge on any atom is -0.466 e. The molecule has 2 rings (SSSR count). The second-order valence-electron chi connectivity index (χ2n) is 8.53. The van der Waals surface area contributed by atoms with Crippen molar-refractivity contribution in [1.82, 2.24) is 0 Å². The number of aliphatic hydroxyl groups excluding tert-OH is 2. The largest absolute Gasteiger partial charge is 0.466 e. The highest BCUT2D eigenvalue weighted by Gasteiger charge is 2.33. The van der Waals surface area contributed by atoms with E-state index in [-0.39, 0.29) is 25.2 Å². The quantitative estimate of drug-likeness (QED) is 0.429. The second kappa shape index (κ2) is 14.6. The maximum absolute atomic E-state index is 11.3. The number of carbonyl (C=O) groups excluding carboxylic acids is 2. The summed E-state index contributed by atoms with van der Waals surface area (Å²) in [4.78, 5) is 22.5. The van der Waals surface area contributed by atoms with Gasteiger partial charge in [0.25, 0.3) is 0 Å². The lowest BCUT2D eigenvalue weighted by Crippen LogP contribution is -2.11. The minimum atomic E-state index is -0.249. The molecule has 0 radical (unpaired) electrons. The van der Waals surface area contributed by atoms with Gasteiger partial charge in [0, 0.05) is 25.7 Å². The number of hydrogen-bond acceptors (Lipinski definition) is 6. The summed E-state index contributed by atoms with van der Waals surface area (Å²) in [5, 5.41) is 18.4. The molecule has 2 N–H and O–H groups in total. The van der Waals surface area contributed by atoms with E-state index in [0.717, 1.165) is 44.1 Å².